The zero-order valence-electron chi connectivity index (χ0n) is 14.4. The van der Waals surface area contributed by atoms with Gasteiger partial charge in [-0.25, -0.2) is 13.9 Å². The van der Waals surface area contributed by atoms with Gasteiger partial charge in [0, 0.05) is 6.42 Å². The Morgan fingerprint density at radius 3 is 2.26 bits per heavy atom. The van der Waals surface area contributed by atoms with Gasteiger partial charge < -0.3 is 17.5 Å². The second kappa shape index (κ2) is 7.64. The Balaban J connectivity index is 0.00000264. The topological polar surface area (TPSA) is 46.1 Å². The highest BCUT2D eigenvalue weighted by Gasteiger charge is 2.26. The van der Waals surface area contributed by atoms with Gasteiger partial charge in [-0.2, -0.15) is 0 Å². The summed E-state index contributed by atoms with van der Waals surface area (Å²) in [6.07, 6.45) is 6.28. The Morgan fingerprint density at radius 1 is 1.22 bits per heavy atom. The summed E-state index contributed by atoms with van der Waals surface area (Å²) in [5, 5.41) is 9.47. The molecule has 1 heterocycles. The third-order valence-electron chi connectivity index (χ3n) is 3.89. The van der Waals surface area contributed by atoms with E-state index in [0.29, 0.717) is 12.3 Å². The van der Waals surface area contributed by atoms with E-state index in [9.17, 15) is 9.90 Å². The van der Waals surface area contributed by atoms with E-state index < -0.39 is 12.0 Å². The average Bonchev–Trinajstić information content (AvgIpc) is 2.83. The van der Waals surface area contributed by atoms with Crippen LogP contribution < -0.4 is 17.0 Å². The van der Waals surface area contributed by atoms with E-state index in [1.54, 1.807) is 4.57 Å². The number of aromatic nitrogens is 2. The van der Waals surface area contributed by atoms with Crippen molar-refractivity contribution in [2.24, 2.45) is 5.92 Å². The highest BCUT2D eigenvalue weighted by Crippen LogP contribution is 2.21. The van der Waals surface area contributed by atoms with Crippen LogP contribution in [0.5, 0.6) is 0 Å². The summed E-state index contributed by atoms with van der Waals surface area (Å²) in [6, 6.07) is 3.78. The summed E-state index contributed by atoms with van der Waals surface area (Å²) >= 11 is 0. The van der Waals surface area contributed by atoms with Crippen LogP contribution in [-0.4, -0.2) is 15.6 Å². The van der Waals surface area contributed by atoms with Crippen molar-refractivity contribution in [2.45, 2.75) is 47.1 Å². The second-order valence-electron chi connectivity index (χ2n) is 6.50. The maximum absolute atomic E-state index is 11.5. The van der Waals surface area contributed by atoms with Crippen LogP contribution in [0.1, 0.15) is 43.0 Å². The van der Waals surface area contributed by atoms with Crippen molar-refractivity contribution in [1.82, 2.24) is 4.57 Å². The number of carboxylic acid groups (broad SMARTS) is 1. The van der Waals surface area contributed by atoms with Crippen molar-refractivity contribution in [2.75, 3.05) is 0 Å². The Kier molecular flexibility index (Phi) is 6.39. The van der Waals surface area contributed by atoms with E-state index in [2.05, 4.69) is 32.9 Å². The van der Waals surface area contributed by atoms with Gasteiger partial charge in [0.15, 0.2) is 6.04 Å². The average molecular weight is 337 g/mol. The van der Waals surface area contributed by atoms with E-state index in [-0.39, 0.29) is 12.4 Å². The van der Waals surface area contributed by atoms with Crippen LogP contribution in [0, 0.1) is 26.7 Å². The van der Waals surface area contributed by atoms with Crippen molar-refractivity contribution >= 4 is 5.97 Å². The van der Waals surface area contributed by atoms with E-state index in [1.165, 1.54) is 16.7 Å². The van der Waals surface area contributed by atoms with Crippen LogP contribution in [0.3, 0.4) is 0 Å². The number of aryl methyl sites for hydroxylation is 3. The zero-order valence-corrected chi connectivity index (χ0v) is 15.1. The lowest BCUT2D eigenvalue weighted by atomic mass is 10.0. The van der Waals surface area contributed by atoms with Crippen molar-refractivity contribution in [3.05, 3.63) is 47.5 Å². The zero-order chi connectivity index (χ0) is 16.4. The fraction of sp³-hybridized carbons (Fsp3) is 0.444. The molecule has 2 aromatic rings. The predicted molar refractivity (Wildman–Crippen MR) is 86.3 cm³/mol. The van der Waals surface area contributed by atoms with Crippen LogP contribution in [0.4, 0.5) is 0 Å². The molecule has 1 N–H and O–H groups in total. The summed E-state index contributed by atoms with van der Waals surface area (Å²) in [6.45, 7) is 10.3. The number of halogens is 1. The standard InChI is InChI=1S/C18H24N2O2.ClH/c1-12(2)8-16(18(21)22)19-6-7-20(11-19)17-14(4)9-13(3)10-15(17)5;/h6-7,9-12,16H,8H2,1-5H3;1H. The Morgan fingerprint density at radius 2 is 1.78 bits per heavy atom. The normalized spacial score (nSPS) is 12.1. The second-order valence-corrected chi connectivity index (χ2v) is 6.50. The molecule has 4 nitrogen and oxygen atoms in total. The van der Waals surface area contributed by atoms with Gasteiger partial charge >= 0.3 is 5.97 Å². The summed E-state index contributed by atoms with van der Waals surface area (Å²) in [5.74, 6) is -0.450. The number of carboxylic acids is 1. The quantitative estimate of drug-likeness (QED) is 0.802. The number of hydrogen-bond donors (Lipinski definition) is 1. The van der Waals surface area contributed by atoms with Gasteiger partial charge in [0.05, 0.1) is 0 Å². The number of carbonyl (C=O) groups is 1. The minimum atomic E-state index is -0.784. The van der Waals surface area contributed by atoms with Crippen molar-refractivity contribution in [3.63, 3.8) is 0 Å². The first kappa shape index (κ1) is 19.2. The maximum atomic E-state index is 11.5. The molecule has 0 bridgehead atoms. The fourth-order valence-corrected chi connectivity index (χ4v) is 3.06. The van der Waals surface area contributed by atoms with Crippen LogP contribution in [0.2, 0.25) is 0 Å². The number of benzene rings is 1. The molecule has 0 aliphatic rings. The van der Waals surface area contributed by atoms with Crippen molar-refractivity contribution in [1.29, 1.82) is 0 Å². The van der Waals surface area contributed by atoms with Gasteiger partial charge in [0.25, 0.3) is 0 Å². The molecule has 0 spiro atoms. The third-order valence-corrected chi connectivity index (χ3v) is 3.89. The summed E-state index contributed by atoms with van der Waals surface area (Å²) in [7, 11) is 0. The van der Waals surface area contributed by atoms with Gasteiger partial charge in [0.1, 0.15) is 18.1 Å². The molecule has 23 heavy (non-hydrogen) atoms. The molecule has 1 aromatic carbocycles. The van der Waals surface area contributed by atoms with Gasteiger partial charge in [-0.15, -0.1) is 0 Å². The first-order valence-electron chi connectivity index (χ1n) is 7.69. The Hall–Kier alpha value is -1.81. The van der Waals surface area contributed by atoms with E-state index in [4.69, 9.17) is 0 Å². The smallest absolute Gasteiger partial charge is 0.349 e. The van der Waals surface area contributed by atoms with Crippen LogP contribution >= 0.6 is 0 Å². The summed E-state index contributed by atoms with van der Waals surface area (Å²) in [4.78, 5) is 11.5. The van der Waals surface area contributed by atoms with E-state index >= 15 is 0 Å². The minimum Gasteiger partial charge on any atom is -1.00 e. The van der Waals surface area contributed by atoms with Crippen LogP contribution in [-0.2, 0) is 4.79 Å². The molecular weight excluding hydrogens is 312 g/mol. The van der Waals surface area contributed by atoms with Crippen molar-refractivity contribution in [3.8, 4) is 5.69 Å². The lowest BCUT2D eigenvalue weighted by molar-refractivity contribution is -0.711. The lowest BCUT2D eigenvalue weighted by Gasteiger charge is -2.11. The highest BCUT2D eigenvalue weighted by atomic mass is 35.5. The molecule has 0 amide bonds. The molecule has 0 radical (unpaired) electrons. The molecule has 5 heteroatoms. The van der Waals surface area contributed by atoms with Crippen LogP contribution in [0.15, 0.2) is 30.9 Å². The Labute approximate surface area is 144 Å². The van der Waals surface area contributed by atoms with Crippen molar-refractivity contribution < 1.29 is 26.9 Å². The van der Waals surface area contributed by atoms with Gasteiger partial charge in [0.2, 0.25) is 6.33 Å². The van der Waals surface area contributed by atoms with Gasteiger partial charge in [-0.1, -0.05) is 31.5 Å². The lowest BCUT2D eigenvalue weighted by Crippen LogP contribution is -3.00. The molecule has 0 aliphatic carbocycles. The monoisotopic (exact) mass is 336 g/mol. The first-order valence-corrected chi connectivity index (χ1v) is 7.69. The Bertz CT molecular complexity index is 669. The summed E-state index contributed by atoms with van der Waals surface area (Å²) < 4.78 is 3.81. The number of rotatable bonds is 5. The molecule has 0 fully saturated rings. The molecule has 1 unspecified atom stereocenters. The maximum Gasteiger partial charge on any atom is 0.349 e. The molecule has 0 saturated carbocycles. The number of hydrogen-bond acceptors (Lipinski definition) is 1. The summed E-state index contributed by atoms with van der Waals surface area (Å²) in [5.41, 5.74) is 4.74. The SMILES string of the molecule is Cc1cc(C)c(-n2cc[n+](C(CC(C)C)C(=O)O)c2)c(C)c1.[Cl-]. The highest BCUT2D eigenvalue weighted by molar-refractivity contribution is 5.69. The van der Waals surface area contributed by atoms with Gasteiger partial charge in [-0.3, -0.25) is 0 Å². The van der Waals surface area contributed by atoms with Gasteiger partial charge in [-0.05, 0) is 37.8 Å². The molecule has 2 rings (SSSR count). The van der Waals surface area contributed by atoms with E-state index in [0.717, 1.165) is 5.69 Å². The molecule has 0 aliphatic heterocycles. The third kappa shape index (κ3) is 4.35. The number of imidazole rings is 1. The molecule has 1 aromatic heterocycles. The minimum absolute atomic E-state index is 0. The number of nitrogens with zero attached hydrogens (tertiary/aromatic N) is 2. The molecular formula is C18H25ClN2O2. The molecule has 0 saturated heterocycles. The number of aliphatic carboxylic acids is 1. The largest absolute Gasteiger partial charge is 1.00 e. The predicted octanol–water partition coefficient (Wildman–Crippen LogP) is 0.366. The van der Waals surface area contributed by atoms with Crippen LogP contribution in [0.25, 0.3) is 5.69 Å². The van der Waals surface area contributed by atoms with E-state index in [1.807, 2.05) is 37.1 Å². The molecule has 126 valence electrons. The molecule has 1 atom stereocenters. The first-order chi connectivity index (χ1) is 10.3. The fourth-order valence-electron chi connectivity index (χ4n) is 3.06.